The van der Waals surface area contributed by atoms with E-state index >= 15 is 0 Å². The lowest BCUT2D eigenvalue weighted by Gasteiger charge is -2.26. The van der Waals surface area contributed by atoms with Crippen molar-refractivity contribution in [3.05, 3.63) is 0 Å². The second kappa shape index (κ2) is 5.86. The van der Waals surface area contributed by atoms with Gasteiger partial charge in [0, 0.05) is 13.2 Å². The predicted octanol–water partition coefficient (Wildman–Crippen LogP) is 2.24. The molecular weight excluding hydrogens is 182 g/mol. The van der Waals surface area contributed by atoms with Crippen LogP contribution in [0.4, 0.5) is 4.79 Å². The summed E-state index contributed by atoms with van der Waals surface area (Å²) in [5.41, 5.74) is -0.448. The van der Waals surface area contributed by atoms with Gasteiger partial charge in [-0.1, -0.05) is 0 Å². The van der Waals surface area contributed by atoms with Gasteiger partial charge >= 0.3 is 6.09 Å². The van der Waals surface area contributed by atoms with Crippen LogP contribution in [0.15, 0.2) is 0 Å². The fraction of sp³-hybridized carbons (Fsp3) is 0.900. The highest BCUT2D eigenvalue weighted by Crippen LogP contribution is 2.09. The average Bonchev–Trinajstić information content (AvgIpc) is 2.02. The molecule has 0 rings (SSSR count). The molecule has 84 valence electrons. The molecule has 4 nitrogen and oxygen atoms in total. The van der Waals surface area contributed by atoms with Gasteiger partial charge in [0.2, 0.25) is 0 Å². The van der Waals surface area contributed by atoms with Gasteiger partial charge in [-0.15, -0.1) is 0 Å². The molecule has 0 bridgehead atoms. The Morgan fingerprint density at radius 1 is 1.29 bits per heavy atom. The molecule has 0 atom stereocenters. The largest absolute Gasteiger partial charge is 0.444 e. The van der Waals surface area contributed by atoms with E-state index in [-0.39, 0.29) is 6.09 Å². The molecule has 0 aromatic rings. The highest BCUT2D eigenvalue weighted by molar-refractivity contribution is 5.67. The normalized spacial score (nSPS) is 11.2. The summed E-state index contributed by atoms with van der Waals surface area (Å²) >= 11 is 0. The molecule has 0 aliphatic rings. The van der Waals surface area contributed by atoms with Crippen LogP contribution in [0.25, 0.3) is 0 Å². The fourth-order valence-corrected chi connectivity index (χ4v) is 0.801. The Kier molecular flexibility index (Phi) is 5.53. The molecule has 0 radical (unpaired) electrons. The van der Waals surface area contributed by atoms with Crippen LogP contribution in [0.1, 0.15) is 34.6 Å². The first-order valence-corrected chi connectivity index (χ1v) is 4.96. The lowest BCUT2D eigenvalue weighted by Crippen LogP contribution is -2.38. The monoisotopic (exact) mass is 203 g/mol. The summed E-state index contributed by atoms with van der Waals surface area (Å²) in [6.07, 6.45) is -0.326. The minimum absolute atomic E-state index is 0.294. The maximum atomic E-state index is 11.5. The second-order valence-electron chi connectivity index (χ2n) is 3.96. The van der Waals surface area contributed by atoms with E-state index in [2.05, 4.69) is 0 Å². The van der Waals surface area contributed by atoms with E-state index in [1.54, 1.807) is 0 Å². The number of ether oxygens (including phenoxy) is 2. The molecule has 0 aromatic carbocycles. The third-order valence-corrected chi connectivity index (χ3v) is 1.48. The van der Waals surface area contributed by atoms with Crippen molar-refractivity contribution in [1.82, 2.24) is 4.90 Å². The molecule has 0 unspecified atom stereocenters. The summed E-state index contributed by atoms with van der Waals surface area (Å²) in [6, 6.07) is 0. The van der Waals surface area contributed by atoms with Crippen LogP contribution < -0.4 is 0 Å². The molecule has 0 aliphatic heterocycles. The number of carbonyl (C=O) groups is 1. The van der Waals surface area contributed by atoms with E-state index in [0.717, 1.165) is 0 Å². The zero-order chi connectivity index (χ0) is 11.2. The molecule has 0 aromatic heterocycles. The zero-order valence-electron chi connectivity index (χ0n) is 9.79. The minimum Gasteiger partial charge on any atom is -0.444 e. The van der Waals surface area contributed by atoms with Crippen molar-refractivity contribution < 1.29 is 14.3 Å². The Labute approximate surface area is 86.2 Å². The van der Waals surface area contributed by atoms with E-state index in [0.29, 0.717) is 19.9 Å². The number of carbonyl (C=O) groups excluding carboxylic acids is 1. The molecule has 0 spiro atoms. The summed E-state index contributed by atoms with van der Waals surface area (Å²) in [5, 5.41) is 0. The lowest BCUT2D eigenvalue weighted by molar-refractivity contribution is -0.00931. The van der Waals surface area contributed by atoms with Gasteiger partial charge < -0.3 is 9.47 Å². The summed E-state index contributed by atoms with van der Waals surface area (Å²) in [7, 11) is 0. The molecule has 4 heteroatoms. The van der Waals surface area contributed by atoms with Crippen LogP contribution in [0.3, 0.4) is 0 Å². The fourth-order valence-electron chi connectivity index (χ4n) is 0.801. The van der Waals surface area contributed by atoms with E-state index in [1.165, 1.54) is 4.90 Å². The topological polar surface area (TPSA) is 38.8 Å². The van der Waals surface area contributed by atoms with Gasteiger partial charge in [-0.25, -0.2) is 4.79 Å². The maximum absolute atomic E-state index is 11.5. The average molecular weight is 203 g/mol. The van der Waals surface area contributed by atoms with Gasteiger partial charge in [0.25, 0.3) is 0 Å². The van der Waals surface area contributed by atoms with Crippen molar-refractivity contribution in [2.45, 2.75) is 40.2 Å². The summed E-state index contributed by atoms with van der Waals surface area (Å²) in [4.78, 5) is 13.0. The van der Waals surface area contributed by atoms with Gasteiger partial charge in [0.15, 0.2) is 0 Å². The summed E-state index contributed by atoms with van der Waals surface area (Å²) in [5.74, 6) is 0. The van der Waals surface area contributed by atoms with Crippen LogP contribution in [0.5, 0.6) is 0 Å². The minimum atomic E-state index is -0.448. The highest BCUT2D eigenvalue weighted by Gasteiger charge is 2.20. The summed E-state index contributed by atoms with van der Waals surface area (Å²) < 4.78 is 10.3. The molecule has 0 saturated carbocycles. The van der Waals surface area contributed by atoms with Crippen molar-refractivity contribution >= 4 is 6.09 Å². The number of nitrogens with zero attached hydrogens (tertiary/aromatic N) is 1. The van der Waals surface area contributed by atoms with Crippen LogP contribution in [-0.2, 0) is 9.47 Å². The first-order chi connectivity index (χ1) is 6.40. The first-order valence-electron chi connectivity index (χ1n) is 4.96. The van der Waals surface area contributed by atoms with Crippen LogP contribution in [0, 0.1) is 0 Å². The van der Waals surface area contributed by atoms with Crippen molar-refractivity contribution in [2.75, 3.05) is 19.9 Å². The predicted molar refractivity (Wildman–Crippen MR) is 55.1 cm³/mol. The SMILES string of the molecule is CCOCN(CC)C(=O)OC(C)(C)C. The Morgan fingerprint density at radius 2 is 1.86 bits per heavy atom. The van der Waals surface area contributed by atoms with Gasteiger partial charge in [-0.3, -0.25) is 4.90 Å². The smallest absolute Gasteiger partial charge is 0.412 e. The standard InChI is InChI=1S/C10H21NO3/c1-6-11(8-13-7-2)9(12)14-10(3,4)5/h6-8H2,1-5H3. The van der Waals surface area contributed by atoms with Crippen molar-refractivity contribution in [3.8, 4) is 0 Å². The van der Waals surface area contributed by atoms with Gasteiger partial charge in [-0.2, -0.15) is 0 Å². The molecule has 1 amide bonds. The lowest BCUT2D eigenvalue weighted by atomic mass is 10.2. The number of hydrogen-bond acceptors (Lipinski definition) is 3. The van der Waals surface area contributed by atoms with Crippen LogP contribution in [-0.4, -0.2) is 36.5 Å². The van der Waals surface area contributed by atoms with E-state index in [1.807, 2.05) is 34.6 Å². The van der Waals surface area contributed by atoms with Crippen molar-refractivity contribution in [2.24, 2.45) is 0 Å². The second-order valence-corrected chi connectivity index (χ2v) is 3.96. The number of rotatable bonds is 4. The first kappa shape index (κ1) is 13.2. The quantitative estimate of drug-likeness (QED) is 0.658. The van der Waals surface area contributed by atoms with Crippen LogP contribution >= 0.6 is 0 Å². The van der Waals surface area contributed by atoms with Crippen molar-refractivity contribution in [3.63, 3.8) is 0 Å². The Balaban J connectivity index is 4.04. The number of amides is 1. The molecule has 14 heavy (non-hydrogen) atoms. The summed E-state index contributed by atoms with van der Waals surface area (Å²) in [6.45, 7) is 10.8. The molecule has 0 saturated heterocycles. The maximum Gasteiger partial charge on any atom is 0.412 e. The Morgan fingerprint density at radius 3 is 2.21 bits per heavy atom. The molecule has 0 N–H and O–H groups in total. The van der Waals surface area contributed by atoms with Gasteiger partial charge in [0.1, 0.15) is 12.3 Å². The molecule has 0 fully saturated rings. The van der Waals surface area contributed by atoms with E-state index in [4.69, 9.17) is 9.47 Å². The Hall–Kier alpha value is -0.770. The third kappa shape index (κ3) is 5.80. The van der Waals surface area contributed by atoms with E-state index < -0.39 is 5.60 Å². The molecule has 0 aliphatic carbocycles. The highest BCUT2D eigenvalue weighted by atomic mass is 16.6. The molecular formula is C10H21NO3. The molecule has 0 heterocycles. The van der Waals surface area contributed by atoms with Crippen LogP contribution in [0.2, 0.25) is 0 Å². The number of hydrogen-bond donors (Lipinski definition) is 0. The van der Waals surface area contributed by atoms with Gasteiger partial charge in [0.05, 0.1) is 0 Å². The third-order valence-electron chi connectivity index (χ3n) is 1.48. The van der Waals surface area contributed by atoms with Gasteiger partial charge in [-0.05, 0) is 34.6 Å². The van der Waals surface area contributed by atoms with E-state index in [9.17, 15) is 4.79 Å². The zero-order valence-corrected chi connectivity index (χ0v) is 9.79. The van der Waals surface area contributed by atoms with Crippen molar-refractivity contribution in [1.29, 1.82) is 0 Å². The Bertz CT molecular complexity index is 175.